The standard InChI is InChI=1S/C21H18FN3O2/c1-15(19-7-4-5-13-23-19)24-25-21(26)18-6-2-3-8-20(18)27-14-16-9-11-17(22)12-10-16/h2-13H,14H2,1H3,(H,25,26). The van der Waals surface area contributed by atoms with E-state index in [4.69, 9.17) is 4.74 Å². The van der Waals surface area contributed by atoms with E-state index < -0.39 is 0 Å². The summed E-state index contributed by atoms with van der Waals surface area (Å²) in [4.78, 5) is 16.7. The van der Waals surface area contributed by atoms with Gasteiger partial charge in [-0.15, -0.1) is 0 Å². The van der Waals surface area contributed by atoms with E-state index in [1.165, 1.54) is 12.1 Å². The van der Waals surface area contributed by atoms with Gasteiger partial charge in [0, 0.05) is 6.20 Å². The summed E-state index contributed by atoms with van der Waals surface area (Å²) >= 11 is 0. The topological polar surface area (TPSA) is 63.6 Å². The molecule has 0 aliphatic carbocycles. The lowest BCUT2D eigenvalue weighted by Crippen LogP contribution is -2.20. The van der Waals surface area contributed by atoms with Crippen molar-refractivity contribution < 1.29 is 13.9 Å². The maximum atomic E-state index is 13.0. The molecule has 2 aromatic carbocycles. The third-order valence-corrected chi connectivity index (χ3v) is 3.80. The van der Waals surface area contributed by atoms with Crippen molar-refractivity contribution in [2.45, 2.75) is 13.5 Å². The predicted molar refractivity (Wildman–Crippen MR) is 101 cm³/mol. The number of aromatic nitrogens is 1. The normalized spacial score (nSPS) is 11.1. The molecular weight excluding hydrogens is 345 g/mol. The zero-order valence-electron chi connectivity index (χ0n) is 14.7. The van der Waals surface area contributed by atoms with Crippen LogP contribution in [-0.4, -0.2) is 16.6 Å². The number of benzene rings is 2. The molecule has 6 heteroatoms. The zero-order chi connectivity index (χ0) is 19.1. The Morgan fingerprint density at radius 1 is 1.07 bits per heavy atom. The number of nitrogens with zero attached hydrogens (tertiary/aromatic N) is 2. The van der Waals surface area contributed by atoms with Gasteiger partial charge in [0.1, 0.15) is 18.2 Å². The lowest BCUT2D eigenvalue weighted by atomic mass is 10.2. The van der Waals surface area contributed by atoms with Crippen LogP contribution in [0.3, 0.4) is 0 Å². The highest BCUT2D eigenvalue weighted by atomic mass is 19.1. The van der Waals surface area contributed by atoms with Crippen molar-refractivity contribution >= 4 is 11.6 Å². The molecule has 0 fully saturated rings. The largest absolute Gasteiger partial charge is 0.488 e. The number of carbonyl (C=O) groups is 1. The number of para-hydroxylation sites is 1. The molecular formula is C21H18FN3O2. The van der Waals surface area contributed by atoms with E-state index in [1.807, 2.05) is 18.2 Å². The first-order chi connectivity index (χ1) is 13.1. The maximum Gasteiger partial charge on any atom is 0.275 e. The van der Waals surface area contributed by atoms with E-state index >= 15 is 0 Å². The molecule has 5 nitrogen and oxygen atoms in total. The first-order valence-corrected chi connectivity index (χ1v) is 8.36. The van der Waals surface area contributed by atoms with Crippen LogP contribution < -0.4 is 10.2 Å². The van der Waals surface area contributed by atoms with Crippen LogP contribution in [0.5, 0.6) is 5.75 Å². The third kappa shape index (κ3) is 4.98. The minimum Gasteiger partial charge on any atom is -0.488 e. The van der Waals surface area contributed by atoms with Crippen molar-refractivity contribution in [1.82, 2.24) is 10.4 Å². The van der Waals surface area contributed by atoms with E-state index in [1.54, 1.807) is 49.5 Å². The summed E-state index contributed by atoms with van der Waals surface area (Å²) < 4.78 is 18.7. The number of nitrogens with one attached hydrogen (secondary N) is 1. The Hall–Kier alpha value is -3.54. The molecule has 0 saturated heterocycles. The number of hydrogen-bond donors (Lipinski definition) is 1. The van der Waals surface area contributed by atoms with Gasteiger partial charge in [-0.05, 0) is 48.9 Å². The summed E-state index contributed by atoms with van der Waals surface area (Å²) in [6, 6.07) is 18.4. The van der Waals surface area contributed by atoms with Crippen LogP contribution in [0.2, 0.25) is 0 Å². The Bertz CT molecular complexity index is 941. The second-order valence-electron chi connectivity index (χ2n) is 5.76. The van der Waals surface area contributed by atoms with Crippen molar-refractivity contribution in [3.8, 4) is 5.75 Å². The van der Waals surface area contributed by atoms with Crippen LogP contribution in [0.15, 0.2) is 78.0 Å². The minimum absolute atomic E-state index is 0.223. The fourth-order valence-electron chi connectivity index (χ4n) is 2.35. The van der Waals surface area contributed by atoms with Crippen LogP contribution in [0, 0.1) is 5.82 Å². The van der Waals surface area contributed by atoms with Gasteiger partial charge in [-0.1, -0.05) is 30.3 Å². The van der Waals surface area contributed by atoms with Gasteiger partial charge < -0.3 is 4.74 Å². The molecule has 3 rings (SSSR count). The van der Waals surface area contributed by atoms with Gasteiger partial charge in [0.15, 0.2) is 0 Å². The Morgan fingerprint density at radius 2 is 1.81 bits per heavy atom. The highest BCUT2D eigenvalue weighted by molar-refractivity contribution is 6.00. The highest BCUT2D eigenvalue weighted by Gasteiger charge is 2.12. The molecule has 0 saturated carbocycles. The molecule has 27 heavy (non-hydrogen) atoms. The maximum absolute atomic E-state index is 13.0. The first kappa shape index (κ1) is 18.3. The molecule has 1 amide bonds. The Balaban J connectivity index is 1.69. The second kappa shape index (κ2) is 8.71. The van der Waals surface area contributed by atoms with Gasteiger partial charge in [0.2, 0.25) is 0 Å². The Morgan fingerprint density at radius 3 is 2.56 bits per heavy atom. The molecule has 0 atom stereocenters. The van der Waals surface area contributed by atoms with E-state index in [0.717, 1.165) is 5.56 Å². The van der Waals surface area contributed by atoms with Crippen LogP contribution in [0.25, 0.3) is 0 Å². The van der Waals surface area contributed by atoms with Crippen LogP contribution >= 0.6 is 0 Å². The van der Waals surface area contributed by atoms with Crippen molar-refractivity contribution in [1.29, 1.82) is 0 Å². The first-order valence-electron chi connectivity index (χ1n) is 8.36. The van der Waals surface area contributed by atoms with Gasteiger partial charge in [-0.3, -0.25) is 9.78 Å². The van der Waals surface area contributed by atoms with Gasteiger partial charge in [-0.2, -0.15) is 5.10 Å². The van der Waals surface area contributed by atoms with E-state index in [-0.39, 0.29) is 18.3 Å². The number of hydrazone groups is 1. The Labute approximate surface area is 156 Å². The molecule has 0 spiro atoms. The zero-order valence-corrected chi connectivity index (χ0v) is 14.7. The smallest absolute Gasteiger partial charge is 0.275 e. The minimum atomic E-state index is -0.389. The lowest BCUT2D eigenvalue weighted by Gasteiger charge is -2.11. The summed E-state index contributed by atoms with van der Waals surface area (Å²) in [5.74, 6) is -0.273. The summed E-state index contributed by atoms with van der Waals surface area (Å²) in [7, 11) is 0. The average Bonchev–Trinajstić information content (AvgIpc) is 2.72. The van der Waals surface area contributed by atoms with E-state index in [2.05, 4.69) is 15.5 Å². The summed E-state index contributed by atoms with van der Waals surface area (Å²) in [6.45, 7) is 1.99. The van der Waals surface area contributed by atoms with Gasteiger partial charge >= 0.3 is 0 Å². The van der Waals surface area contributed by atoms with Crippen molar-refractivity contribution in [2.75, 3.05) is 0 Å². The van der Waals surface area contributed by atoms with E-state index in [9.17, 15) is 9.18 Å². The number of rotatable bonds is 6. The van der Waals surface area contributed by atoms with Gasteiger partial charge in [0.05, 0.1) is 17.0 Å². The highest BCUT2D eigenvalue weighted by Crippen LogP contribution is 2.19. The molecule has 1 heterocycles. The predicted octanol–water partition coefficient (Wildman–Crippen LogP) is 3.95. The van der Waals surface area contributed by atoms with E-state index in [0.29, 0.717) is 22.7 Å². The third-order valence-electron chi connectivity index (χ3n) is 3.80. The van der Waals surface area contributed by atoms with Crippen molar-refractivity contribution in [3.05, 3.63) is 95.6 Å². The number of amides is 1. The number of halogens is 1. The summed E-state index contributed by atoms with van der Waals surface area (Å²) in [5, 5.41) is 4.10. The summed E-state index contributed by atoms with van der Waals surface area (Å²) in [6.07, 6.45) is 1.66. The lowest BCUT2D eigenvalue weighted by molar-refractivity contribution is 0.0950. The number of ether oxygens (including phenoxy) is 1. The molecule has 0 bridgehead atoms. The molecule has 0 aliphatic heterocycles. The molecule has 1 N–H and O–H groups in total. The van der Waals surface area contributed by atoms with Crippen LogP contribution in [-0.2, 0) is 6.61 Å². The second-order valence-corrected chi connectivity index (χ2v) is 5.76. The number of pyridine rings is 1. The van der Waals surface area contributed by atoms with Gasteiger partial charge in [0.25, 0.3) is 5.91 Å². The fourth-order valence-corrected chi connectivity index (χ4v) is 2.35. The molecule has 1 aromatic heterocycles. The number of hydrogen-bond acceptors (Lipinski definition) is 4. The fraction of sp³-hybridized carbons (Fsp3) is 0.0952. The monoisotopic (exact) mass is 363 g/mol. The van der Waals surface area contributed by atoms with Gasteiger partial charge in [-0.25, -0.2) is 9.82 Å². The van der Waals surface area contributed by atoms with Crippen LogP contribution in [0.4, 0.5) is 4.39 Å². The molecule has 0 unspecified atom stereocenters. The van der Waals surface area contributed by atoms with Crippen molar-refractivity contribution in [3.63, 3.8) is 0 Å². The molecule has 0 radical (unpaired) electrons. The molecule has 136 valence electrons. The van der Waals surface area contributed by atoms with Crippen molar-refractivity contribution in [2.24, 2.45) is 5.10 Å². The SMILES string of the molecule is CC(=NNC(=O)c1ccccc1OCc1ccc(F)cc1)c1ccccn1. The summed E-state index contributed by atoms with van der Waals surface area (Å²) in [5.41, 5.74) is 4.95. The average molecular weight is 363 g/mol. The number of carbonyl (C=O) groups excluding carboxylic acids is 1. The Kier molecular flexibility index (Phi) is 5.89. The quantitative estimate of drug-likeness (QED) is 0.533. The van der Waals surface area contributed by atoms with Crippen LogP contribution in [0.1, 0.15) is 28.5 Å². The molecule has 0 aliphatic rings. The molecule has 3 aromatic rings.